The van der Waals surface area contributed by atoms with Gasteiger partial charge in [0.05, 0.1) is 12.5 Å². The van der Waals surface area contributed by atoms with Crippen LogP contribution in [0.2, 0.25) is 0 Å². The predicted molar refractivity (Wildman–Crippen MR) is 107 cm³/mol. The Labute approximate surface area is 173 Å². The number of rotatable bonds is 11. The maximum absolute atomic E-state index is 12.8. The third-order valence-electron chi connectivity index (χ3n) is 4.50. The molecule has 1 aliphatic rings. The second-order valence-corrected chi connectivity index (χ2v) is 7.88. The average Bonchev–Trinajstić information content (AvgIpc) is 3.13. The maximum atomic E-state index is 12.8. The fraction of sp³-hybridized carbons (Fsp3) is 0.706. The number of carbonyl (C=O) groups is 5. The van der Waals surface area contributed by atoms with Gasteiger partial charge in [-0.3, -0.25) is 19.2 Å². The quantitative estimate of drug-likeness (QED) is 0.249. The summed E-state index contributed by atoms with van der Waals surface area (Å²) in [6, 6.07) is -4.12. The molecule has 11 nitrogen and oxygen atoms in total. The van der Waals surface area contributed by atoms with Crippen molar-refractivity contribution in [1.82, 2.24) is 15.5 Å². The number of hydrogen-bond donors (Lipinski definition) is 5. The number of amides is 4. The molecule has 0 bridgehead atoms. The lowest BCUT2D eigenvalue weighted by molar-refractivity contribution is -0.149. The van der Waals surface area contributed by atoms with Crippen molar-refractivity contribution >= 4 is 41.4 Å². The van der Waals surface area contributed by atoms with Gasteiger partial charge in [0.1, 0.15) is 18.1 Å². The molecule has 1 fully saturated rings. The van der Waals surface area contributed by atoms with Crippen molar-refractivity contribution in [1.29, 1.82) is 0 Å². The summed E-state index contributed by atoms with van der Waals surface area (Å²) in [5.41, 5.74) is 10.7. The van der Waals surface area contributed by atoms with E-state index < -0.39 is 60.2 Å². The zero-order valence-electron chi connectivity index (χ0n) is 16.6. The van der Waals surface area contributed by atoms with Gasteiger partial charge in [0, 0.05) is 6.54 Å². The van der Waals surface area contributed by atoms with Crippen LogP contribution in [0.1, 0.15) is 32.6 Å². The van der Waals surface area contributed by atoms with Crippen LogP contribution in [-0.4, -0.2) is 82.3 Å². The van der Waals surface area contributed by atoms with Crippen molar-refractivity contribution in [2.45, 2.75) is 56.8 Å². The van der Waals surface area contributed by atoms with E-state index in [-0.39, 0.29) is 13.0 Å². The molecule has 1 aliphatic heterocycles. The van der Waals surface area contributed by atoms with Gasteiger partial charge in [-0.2, -0.15) is 11.8 Å². The molecular formula is C17H29N5O6S. The minimum atomic E-state index is -1.32. The summed E-state index contributed by atoms with van der Waals surface area (Å²) in [5.74, 6) is -3.31. The number of nitrogens with one attached hydrogen (secondary N) is 2. The highest BCUT2D eigenvalue weighted by Gasteiger charge is 2.38. The first kappa shape index (κ1) is 24.7. The number of thioether (sulfide) groups is 1. The number of nitrogens with zero attached hydrogens (tertiary/aromatic N) is 1. The lowest BCUT2D eigenvalue weighted by Crippen LogP contribution is -2.57. The molecule has 164 valence electrons. The number of likely N-dealkylation sites (tertiary alicyclic amines) is 1. The van der Waals surface area contributed by atoms with E-state index in [0.29, 0.717) is 18.6 Å². The predicted octanol–water partition coefficient (Wildman–Crippen LogP) is -1.99. The van der Waals surface area contributed by atoms with Crippen molar-refractivity contribution in [3.63, 3.8) is 0 Å². The molecule has 7 N–H and O–H groups in total. The molecule has 1 saturated heterocycles. The minimum absolute atomic E-state index is 0.207. The molecule has 4 atom stereocenters. The molecule has 1 rings (SSSR count). The molecule has 12 heteroatoms. The van der Waals surface area contributed by atoms with Crippen molar-refractivity contribution in [3.05, 3.63) is 0 Å². The first-order valence-electron chi connectivity index (χ1n) is 9.25. The fourth-order valence-corrected chi connectivity index (χ4v) is 3.44. The number of carboxylic acid groups (broad SMARTS) is 1. The summed E-state index contributed by atoms with van der Waals surface area (Å²) < 4.78 is 0. The van der Waals surface area contributed by atoms with Gasteiger partial charge in [-0.15, -0.1) is 0 Å². The summed E-state index contributed by atoms with van der Waals surface area (Å²) in [7, 11) is 0. The number of carbonyl (C=O) groups excluding carboxylic acids is 4. The molecule has 0 aromatic rings. The number of hydrogen-bond acceptors (Lipinski definition) is 7. The van der Waals surface area contributed by atoms with Gasteiger partial charge in [-0.1, -0.05) is 0 Å². The highest BCUT2D eigenvalue weighted by molar-refractivity contribution is 7.98. The largest absolute Gasteiger partial charge is 0.480 e. The molecule has 0 aromatic carbocycles. The highest BCUT2D eigenvalue weighted by atomic mass is 32.2. The topological polar surface area (TPSA) is 185 Å². The second kappa shape index (κ2) is 11.6. The third kappa shape index (κ3) is 7.54. The van der Waals surface area contributed by atoms with Gasteiger partial charge in [-0.25, -0.2) is 4.79 Å². The molecular weight excluding hydrogens is 402 g/mol. The monoisotopic (exact) mass is 431 g/mol. The van der Waals surface area contributed by atoms with E-state index in [9.17, 15) is 29.1 Å². The van der Waals surface area contributed by atoms with E-state index in [1.54, 1.807) is 0 Å². The van der Waals surface area contributed by atoms with Crippen LogP contribution in [0, 0.1) is 0 Å². The summed E-state index contributed by atoms with van der Waals surface area (Å²) in [5, 5.41) is 14.2. The van der Waals surface area contributed by atoms with Crippen molar-refractivity contribution in [2.75, 3.05) is 18.6 Å². The Hall–Kier alpha value is -2.34. The van der Waals surface area contributed by atoms with E-state index in [0.717, 1.165) is 4.90 Å². The Morgan fingerprint density at radius 2 is 1.79 bits per heavy atom. The van der Waals surface area contributed by atoms with Gasteiger partial charge in [0.2, 0.25) is 23.6 Å². The lowest BCUT2D eigenvalue weighted by Gasteiger charge is -2.28. The van der Waals surface area contributed by atoms with Gasteiger partial charge in [0.25, 0.3) is 0 Å². The van der Waals surface area contributed by atoms with Crippen LogP contribution in [-0.2, 0) is 24.0 Å². The Bertz CT molecular complexity index is 644. The molecule has 29 heavy (non-hydrogen) atoms. The van der Waals surface area contributed by atoms with Crippen LogP contribution in [0.25, 0.3) is 0 Å². The van der Waals surface area contributed by atoms with E-state index in [2.05, 4.69) is 10.6 Å². The molecule has 1 heterocycles. The van der Waals surface area contributed by atoms with E-state index in [4.69, 9.17) is 11.5 Å². The van der Waals surface area contributed by atoms with Crippen LogP contribution < -0.4 is 22.1 Å². The Kier molecular flexibility index (Phi) is 9.89. The lowest BCUT2D eigenvalue weighted by atomic mass is 10.1. The standard InChI is InChI=1S/C17H29N5O6S/c1-9(18)14(24)20-10(5-7-29-2)15(25)21-11(8-13(19)23)16(26)22-6-3-4-12(22)17(27)28/h9-12H,3-8,18H2,1-2H3,(H2,19,23)(H,20,24)(H,21,25)(H,27,28). The van der Waals surface area contributed by atoms with E-state index in [1.165, 1.54) is 18.7 Å². The second-order valence-electron chi connectivity index (χ2n) is 6.89. The van der Waals surface area contributed by atoms with Crippen molar-refractivity contribution in [3.8, 4) is 0 Å². The van der Waals surface area contributed by atoms with Gasteiger partial charge >= 0.3 is 5.97 Å². The van der Waals surface area contributed by atoms with Crippen LogP contribution >= 0.6 is 11.8 Å². The van der Waals surface area contributed by atoms with E-state index >= 15 is 0 Å². The number of primary amides is 1. The Balaban J connectivity index is 2.96. The summed E-state index contributed by atoms with van der Waals surface area (Å²) in [4.78, 5) is 61.4. The molecule has 0 radical (unpaired) electrons. The van der Waals surface area contributed by atoms with Crippen LogP contribution in [0.5, 0.6) is 0 Å². The molecule has 0 saturated carbocycles. The zero-order valence-corrected chi connectivity index (χ0v) is 17.4. The summed E-state index contributed by atoms with van der Waals surface area (Å²) in [6.45, 7) is 1.68. The smallest absolute Gasteiger partial charge is 0.326 e. The number of carboxylic acids is 1. The zero-order chi connectivity index (χ0) is 22.1. The van der Waals surface area contributed by atoms with Crippen LogP contribution in [0.3, 0.4) is 0 Å². The van der Waals surface area contributed by atoms with Gasteiger partial charge in [-0.05, 0) is 38.2 Å². The van der Waals surface area contributed by atoms with Gasteiger partial charge in [0.15, 0.2) is 0 Å². The highest BCUT2D eigenvalue weighted by Crippen LogP contribution is 2.19. The van der Waals surface area contributed by atoms with Crippen molar-refractivity contribution in [2.24, 2.45) is 11.5 Å². The first-order valence-corrected chi connectivity index (χ1v) is 10.6. The molecule has 0 aromatic heterocycles. The minimum Gasteiger partial charge on any atom is -0.480 e. The van der Waals surface area contributed by atoms with Crippen LogP contribution in [0.15, 0.2) is 0 Å². The maximum Gasteiger partial charge on any atom is 0.326 e. The third-order valence-corrected chi connectivity index (χ3v) is 5.14. The summed E-state index contributed by atoms with van der Waals surface area (Å²) >= 11 is 1.47. The average molecular weight is 432 g/mol. The normalized spacial score (nSPS) is 19.1. The molecule has 4 unspecified atom stereocenters. The number of aliphatic carboxylic acids is 1. The molecule has 0 aliphatic carbocycles. The fourth-order valence-electron chi connectivity index (χ4n) is 2.97. The Morgan fingerprint density at radius 1 is 1.17 bits per heavy atom. The van der Waals surface area contributed by atoms with Gasteiger partial charge < -0.3 is 32.1 Å². The van der Waals surface area contributed by atoms with Crippen LogP contribution in [0.4, 0.5) is 0 Å². The molecule has 0 spiro atoms. The van der Waals surface area contributed by atoms with Crippen molar-refractivity contribution < 1.29 is 29.1 Å². The SMILES string of the molecule is CSCCC(NC(=O)C(C)N)C(=O)NC(CC(N)=O)C(=O)N1CCCC1C(=O)O. The Morgan fingerprint density at radius 3 is 2.31 bits per heavy atom. The molecule has 4 amide bonds. The van der Waals surface area contributed by atoms with E-state index in [1.807, 2.05) is 6.26 Å². The summed E-state index contributed by atoms with van der Waals surface area (Å²) in [6.07, 6.45) is 2.43. The first-order chi connectivity index (χ1) is 13.6. The number of nitrogens with two attached hydrogens (primary N) is 2.